The first kappa shape index (κ1) is 25.3. The van der Waals surface area contributed by atoms with Crippen LogP contribution in [-0.4, -0.2) is 19.1 Å². The number of pyridine rings is 2. The summed E-state index contributed by atoms with van der Waals surface area (Å²) in [6, 6.07) is 31.5. The number of benzene rings is 5. The van der Waals surface area contributed by atoms with Crippen LogP contribution in [0, 0.1) is 0 Å². The van der Waals surface area contributed by atoms with Crippen LogP contribution in [0.25, 0.3) is 85.2 Å². The van der Waals surface area contributed by atoms with E-state index in [-0.39, 0.29) is 10.9 Å². The number of hydrogen-bond acceptors (Lipinski definition) is 6. The van der Waals surface area contributed by atoms with Gasteiger partial charge in [0.25, 0.3) is 0 Å². The van der Waals surface area contributed by atoms with Crippen molar-refractivity contribution in [2.45, 2.75) is 0 Å². The molecule has 9 rings (SSSR count). The molecule has 6 nitrogen and oxygen atoms in total. The molecule has 0 N–H and O–H groups in total. The fourth-order valence-corrected chi connectivity index (χ4v) is 8.51. The molecular formula is C36H22N4O2S2. The Morgan fingerprint density at radius 1 is 0.523 bits per heavy atom. The highest BCUT2D eigenvalue weighted by Gasteiger charge is 2.20. The molecule has 0 fully saturated rings. The van der Waals surface area contributed by atoms with Crippen molar-refractivity contribution in [2.24, 2.45) is 14.1 Å². The van der Waals surface area contributed by atoms with Crippen LogP contribution in [0.15, 0.2) is 107 Å². The SMILES string of the molecule is Cn1c2cc3c(=O)c4cccc(-c5nc6ccccc6s5)c4n(C)c3cc2c(=O)c2cccc(-c3nc4ccccc4s3)c21. The Bertz CT molecular complexity index is 2540. The van der Waals surface area contributed by atoms with E-state index < -0.39 is 0 Å². The van der Waals surface area contributed by atoms with E-state index in [1.54, 1.807) is 22.7 Å². The summed E-state index contributed by atoms with van der Waals surface area (Å²) in [6.45, 7) is 0. The van der Waals surface area contributed by atoms with E-state index in [1.807, 2.05) is 108 Å². The molecule has 4 heterocycles. The molecule has 0 unspecified atom stereocenters. The van der Waals surface area contributed by atoms with Crippen LogP contribution < -0.4 is 10.9 Å². The molecular weight excluding hydrogens is 585 g/mol. The normalized spacial score (nSPS) is 12.0. The number of aryl methyl sites for hydroxylation is 2. The number of hydrogen-bond donors (Lipinski definition) is 0. The number of aromatic nitrogens is 4. The lowest BCUT2D eigenvalue weighted by atomic mass is 10.0. The molecule has 8 heteroatoms. The van der Waals surface area contributed by atoms with E-state index in [0.29, 0.717) is 32.6 Å². The molecule has 4 aromatic heterocycles. The molecule has 0 aliphatic rings. The maximum absolute atomic E-state index is 14.2. The zero-order chi connectivity index (χ0) is 29.7. The molecule has 0 saturated carbocycles. The average Bonchev–Trinajstić information content (AvgIpc) is 3.69. The zero-order valence-electron chi connectivity index (χ0n) is 23.7. The second kappa shape index (κ2) is 9.16. The number of rotatable bonds is 2. The first-order valence-electron chi connectivity index (χ1n) is 14.2. The van der Waals surface area contributed by atoms with Crippen molar-refractivity contribution in [1.82, 2.24) is 19.1 Å². The van der Waals surface area contributed by atoms with E-state index in [4.69, 9.17) is 9.97 Å². The van der Waals surface area contributed by atoms with Crippen LogP contribution in [0.1, 0.15) is 0 Å². The summed E-state index contributed by atoms with van der Waals surface area (Å²) in [6.07, 6.45) is 0. The highest BCUT2D eigenvalue weighted by molar-refractivity contribution is 7.22. The minimum atomic E-state index is -0.0648. The van der Waals surface area contributed by atoms with E-state index in [9.17, 15) is 9.59 Å². The maximum atomic E-state index is 14.2. The largest absolute Gasteiger partial charge is 0.343 e. The van der Waals surface area contributed by atoms with Gasteiger partial charge in [-0.1, -0.05) is 36.4 Å². The maximum Gasteiger partial charge on any atom is 0.197 e. The molecule has 0 saturated heterocycles. The molecule has 0 radical (unpaired) electrons. The van der Waals surface area contributed by atoms with Crippen LogP contribution in [0.2, 0.25) is 0 Å². The van der Waals surface area contributed by atoms with Crippen LogP contribution in [-0.2, 0) is 14.1 Å². The lowest BCUT2D eigenvalue weighted by Crippen LogP contribution is -2.14. The van der Waals surface area contributed by atoms with Gasteiger partial charge in [-0.15, -0.1) is 22.7 Å². The van der Waals surface area contributed by atoms with Gasteiger partial charge in [-0.25, -0.2) is 9.97 Å². The van der Waals surface area contributed by atoms with Gasteiger partial charge in [-0.2, -0.15) is 0 Å². The Morgan fingerprint density at radius 2 is 0.955 bits per heavy atom. The predicted molar refractivity (Wildman–Crippen MR) is 184 cm³/mol. The highest BCUT2D eigenvalue weighted by atomic mass is 32.1. The van der Waals surface area contributed by atoms with Crippen LogP contribution in [0.3, 0.4) is 0 Å². The Kier molecular flexibility index (Phi) is 5.27. The van der Waals surface area contributed by atoms with Crippen LogP contribution in [0.4, 0.5) is 0 Å². The summed E-state index contributed by atoms with van der Waals surface area (Å²) in [7, 11) is 3.92. The number of thiazole rings is 2. The molecule has 0 aliphatic heterocycles. The third-order valence-electron chi connectivity index (χ3n) is 8.61. The molecule has 0 spiro atoms. The molecule has 0 amide bonds. The van der Waals surface area contributed by atoms with Gasteiger partial charge in [-0.05, 0) is 60.7 Å². The van der Waals surface area contributed by atoms with Gasteiger partial charge in [0.1, 0.15) is 10.0 Å². The molecule has 210 valence electrons. The van der Waals surface area contributed by atoms with Crippen molar-refractivity contribution in [3.8, 4) is 21.1 Å². The first-order valence-corrected chi connectivity index (χ1v) is 15.8. The predicted octanol–water partition coefficient (Wildman–Crippen LogP) is 8.25. The van der Waals surface area contributed by atoms with Gasteiger partial charge in [0.2, 0.25) is 0 Å². The lowest BCUT2D eigenvalue weighted by Gasteiger charge is -2.17. The fraction of sp³-hybridized carbons (Fsp3) is 0.0556. The smallest absolute Gasteiger partial charge is 0.197 e. The third-order valence-corrected chi connectivity index (χ3v) is 10.7. The van der Waals surface area contributed by atoms with Gasteiger partial charge in [0, 0.05) is 46.8 Å². The summed E-state index contributed by atoms with van der Waals surface area (Å²) in [4.78, 5) is 38.1. The Balaban J connectivity index is 1.36. The van der Waals surface area contributed by atoms with Crippen LogP contribution in [0.5, 0.6) is 0 Å². The summed E-state index contributed by atoms with van der Waals surface area (Å²) in [5, 5.41) is 4.10. The van der Waals surface area contributed by atoms with Crippen molar-refractivity contribution < 1.29 is 0 Å². The molecule has 9 aromatic rings. The van der Waals surface area contributed by atoms with Crippen molar-refractivity contribution in [3.63, 3.8) is 0 Å². The second-order valence-electron chi connectivity index (χ2n) is 11.0. The third kappa shape index (κ3) is 3.46. The molecule has 5 aromatic carbocycles. The molecule has 44 heavy (non-hydrogen) atoms. The Labute approximate surface area is 257 Å². The van der Waals surface area contributed by atoms with E-state index in [0.717, 1.165) is 52.6 Å². The molecule has 0 bridgehead atoms. The first-order chi connectivity index (χ1) is 21.5. The Morgan fingerprint density at radius 3 is 1.39 bits per heavy atom. The fourth-order valence-electron chi connectivity index (χ4n) is 6.52. The van der Waals surface area contributed by atoms with E-state index >= 15 is 0 Å². The Hall–Kier alpha value is -5.18. The van der Waals surface area contributed by atoms with Crippen LogP contribution >= 0.6 is 22.7 Å². The van der Waals surface area contributed by atoms with E-state index in [1.165, 1.54) is 0 Å². The summed E-state index contributed by atoms with van der Waals surface area (Å²) in [5.74, 6) is 0. The topological polar surface area (TPSA) is 69.8 Å². The molecule has 0 atom stereocenters. The average molecular weight is 607 g/mol. The van der Waals surface area contributed by atoms with E-state index in [2.05, 4.69) is 12.1 Å². The standard InChI is InChI=1S/C36H22N4O2S2/c1-39-27-17-24-28(40(2)32-20(34(24)42)10-8-12-22(32)36-38-26-14-4-6-16-30(26)44-36)18-23(27)33(41)19-9-7-11-21(31(19)39)35-37-25-13-3-5-15-29(25)43-35/h3-18H,1-2H3. The summed E-state index contributed by atoms with van der Waals surface area (Å²) in [5.41, 5.74) is 6.57. The summed E-state index contributed by atoms with van der Waals surface area (Å²) < 4.78 is 6.26. The number of para-hydroxylation sites is 4. The van der Waals surface area contributed by atoms with Gasteiger partial charge < -0.3 is 9.13 Å². The second-order valence-corrected chi connectivity index (χ2v) is 13.1. The summed E-state index contributed by atoms with van der Waals surface area (Å²) >= 11 is 3.22. The monoisotopic (exact) mass is 606 g/mol. The van der Waals surface area contributed by atoms with Crippen molar-refractivity contribution in [1.29, 1.82) is 0 Å². The number of nitrogens with zero attached hydrogens (tertiary/aromatic N) is 4. The van der Waals surface area contributed by atoms with Gasteiger partial charge in [-0.3, -0.25) is 9.59 Å². The highest BCUT2D eigenvalue weighted by Crippen LogP contribution is 2.37. The van der Waals surface area contributed by atoms with Gasteiger partial charge in [0.05, 0.1) is 42.5 Å². The van der Waals surface area contributed by atoms with Crippen molar-refractivity contribution in [2.75, 3.05) is 0 Å². The lowest BCUT2D eigenvalue weighted by molar-refractivity contribution is 0.994. The van der Waals surface area contributed by atoms with Gasteiger partial charge >= 0.3 is 0 Å². The zero-order valence-corrected chi connectivity index (χ0v) is 25.3. The van der Waals surface area contributed by atoms with Gasteiger partial charge in [0.15, 0.2) is 10.9 Å². The minimum absolute atomic E-state index is 0.0648. The quantitative estimate of drug-likeness (QED) is 0.186. The van der Waals surface area contributed by atoms with Crippen molar-refractivity contribution in [3.05, 3.63) is 118 Å². The number of fused-ring (bicyclic) bond motifs is 6. The minimum Gasteiger partial charge on any atom is -0.343 e. The molecule has 0 aliphatic carbocycles. The van der Waals surface area contributed by atoms with Crippen molar-refractivity contribution >= 4 is 86.7 Å².